The fraction of sp³-hybridized carbons (Fsp3) is 0.571. The SMILES string of the molecule is CCC(NCc1cnc(N(CC)CC)s1)c1nccs1. The van der Waals surface area contributed by atoms with Crippen molar-refractivity contribution >= 4 is 27.8 Å². The van der Waals surface area contributed by atoms with Crippen molar-refractivity contribution in [3.63, 3.8) is 0 Å². The van der Waals surface area contributed by atoms with E-state index in [1.165, 1.54) is 9.88 Å². The van der Waals surface area contributed by atoms with E-state index in [9.17, 15) is 0 Å². The maximum Gasteiger partial charge on any atom is 0.185 e. The molecule has 6 heteroatoms. The van der Waals surface area contributed by atoms with Gasteiger partial charge in [-0.1, -0.05) is 6.92 Å². The zero-order valence-corrected chi connectivity index (χ0v) is 13.9. The van der Waals surface area contributed by atoms with Gasteiger partial charge in [0.05, 0.1) is 6.04 Å². The van der Waals surface area contributed by atoms with E-state index in [0.717, 1.165) is 31.2 Å². The van der Waals surface area contributed by atoms with Crippen LogP contribution in [0.25, 0.3) is 0 Å². The van der Waals surface area contributed by atoms with Gasteiger partial charge in [0.1, 0.15) is 5.01 Å². The first-order chi connectivity index (χ1) is 9.78. The molecule has 0 aliphatic rings. The molecule has 0 saturated carbocycles. The van der Waals surface area contributed by atoms with Crippen LogP contribution < -0.4 is 10.2 Å². The Hall–Kier alpha value is -0.980. The van der Waals surface area contributed by atoms with Crippen molar-refractivity contribution < 1.29 is 0 Å². The van der Waals surface area contributed by atoms with Gasteiger partial charge < -0.3 is 10.2 Å². The van der Waals surface area contributed by atoms with E-state index in [1.807, 2.05) is 17.8 Å². The molecule has 2 aromatic rings. The van der Waals surface area contributed by atoms with Crippen molar-refractivity contribution in [2.24, 2.45) is 0 Å². The van der Waals surface area contributed by atoms with Gasteiger partial charge in [-0.05, 0) is 20.3 Å². The smallest absolute Gasteiger partial charge is 0.185 e. The molecule has 1 atom stereocenters. The molecule has 0 bridgehead atoms. The molecule has 1 unspecified atom stereocenters. The number of aromatic nitrogens is 2. The van der Waals surface area contributed by atoms with Crippen molar-refractivity contribution in [3.8, 4) is 0 Å². The first-order valence-corrected chi connectivity index (χ1v) is 8.80. The van der Waals surface area contributed by atoms with Gasteiger partial charge in [-0.3, -0.25) is 0 Å². The summed E-state index contributed by atoms with van der Waals surface area (Å²) < 4.78 is 0. The lowest BCUT2D eigenvalue weighted by molar-refractivity contribution is 0.519. The monoisotopic (exact) mass is 310 g/mol. The summed E-state index contributed by atoms with van der Waals surface area (Å²) in [7, 11) is 0. The van der Waals surface area contributed by atoms with E-state index in [0.29, 0.717) is 6.04 Å². The Kier molecular flexibility index (Phi) is 5.94. The van der Waals surface area contributed by atoms with Crippen molar-refractivity contribution in [1.82, 2.24) is 15.3 Å². The second-order valence-corrected chi connectivity index (χ2v) is 6.51. The average molecular weight is 310 g/mol. The van der Waals surface area contributed by atoms with Crippen LogP contribution in [0.15, 0.2) is 17.8 Å². The standard InChI is InChI=1S/C14H22N4S2/c1-4-12(13-15-7-8-19-13)16-9-11-10-17-14(20-11)18(5-2)6-3/h7-8,10,12,16H,4-6,9H2,1-3H3. The Morgan fingerprint density at radius 2 is 2.05 bits per heavy atom. The van der Waals surface area contributed by atoms with Gasteiger partial charge in [-0.2, -0.15) is 0 Å². The third kappa shape index (κ3) is 3.77. The fourth-order valence-electron chi connectivity index (χ4n) is 2.06. The highest BCUT2D eigenvalue weighted by atomic mass is 32.1. The zero-order valence-electron chi connectivity index (χ0n) is 12.3. The second-order valence-electron chi connectivity index (χ2n) is 4.49. The minimum atomic E-state index is 0.342. The summed E-state index contributed by atoms with van der Waals surface area (Å²) in [5.41, 5.74) is 0. The van der Waals surface area contributed by atoms with Crippen LogP contribution in [-0.2, 0) is 6.54 Å². The summed E-state index contributed by atoms with van der Waals surface area (Å²) in [6.07, 6.45) is 4.91. The Bertz CT molecular complexity index is 491. The first kappa shape index (κ1) is 15.4. The van der Waals surface area contributed by atoms with Crippen molar-refractivity contribution in [1.29, 1.82) is 0 Å². The molecule has 0 spiro atoms. The topological polar surface area (TPSA) is 41.1 Å². The maximum absolute atomic E-state index is 4.52. The van der Waals surface area contributed by atoms with Gasteiger partial charge >= 0.3 is 0 Å². The molecular weight excluding hydrogens is 288 g/mol. The third-order valence-electron chi connectivity index (χ3n) is 3.26. The number of thiazole rings is 2. The van der Waals surface area contributed by atoms with Crippen LogP contribution >= 0.6 is 22.7 Å². The zero-order chi connectivity index (χ0) is 14.4. The molecule has 0 aromatic carbocycles. The average Bonchev–Trinajstić information content (AvgIpc) is 3.13. The summed E-state index contributed by atoms with van der Waals surface area (Å²) in [5.74, 6) is 0. The molecule has 0 amide bonds. The summed E-state index contributed by atoms with van der Waals surface area (Å²) in [4.78, 5) is 12.5. The van der Waals surface area contributed by atoms with E-state index in [2.05, 4.69) is 41.0 Å². The molecule has 4 nitrogen and oxygen atoms in total. The highest BCUT2D eigenvalue weighted by molar-refractivity contribution is 7.15. The van der Waals surface area contributed by atoms with Crippen LogP contribution in [0.3, 0.4) is 0 Å². The number of nitrogens with zero attached hydrogens (tertiary/aromatic N) is 3. The first-order valence-electron chi connectivity index (χ1n) is 7.10. The van der Waals surface area contributed by atoms with Crippen LogP contribution in [0, 0.1) is 0 Å². The fourth-order valence-corrected chi connectivity index (χ4v) is 3.84. The lowest BCUT2D eigenvalue weighted by Crippen LogP contribution is -2.21. The molecular formula is C14H22N4S2. The number of nitrogens with one attached hydrogen (secondary N) is 1. The summed E-state index contributed by atoms with van der Waals surface area (Å²) in [6, 6.07) is 0.342. The molecule has 20 heavy (non-hydrogen) atoms. The molecule has 0 radical (unpaired) electrons. The minimum absolute atomic E-state index is 0.342. The Labute approximate surface area is 128 Å². The van der Waals surface area contributed by atoms with Gasteiger partial charge in [0, 0.05) is 42.3 Å². The predicted octanol–water partition coefficient (Wildman–Crippen LogP) is 3.69. The maximum atomic E-state index is 4.52. The molecule has 0 fully saturated rings. The molecule has 0 aliphatic heterocycles. The van der Waals surface area contributed by atoms with E-state index in [1.54, 1.807) is 22.7 Å². The predicted molar refractivity (Wildman–Crippen MR) is 87.7 cm³/mol. The Balaban J connectivity index is 1.93. The Morgan fingerprint density at radius 1 is 1.25 bits per heavy atom. The molecule has 110 valence electrons. The van der Waals surface area contributed by atoms with E-state index >= 15 is 0 Å². The van der Waals surface area contributed by atoms with Crippen molar-refractivity contribution in [2.75, 3.05) is 18.0 Å². The Morgan fingerprint density at radius 3 is 2.65 bits per heavy atom. The molecule has 2 rings (SSSR count). The normalized spacial score (nSPS) is 12.6. The van der Waals surface area contributed by atoms with E-state index in [4.69, 9.17) is 0 Å². The second kappa shape index (κ2) is 7.71. The van der Waals surface area contributed by atoms with Gasteiger partial charge in [-0.15, -0.1) is 22.7 Å². The summed E-state index contributed by atoms with van der Waals surface area (Å²) >= 11 is 3.49. The summed E-state index contributed by atoms with van der Waals surface area (Å²) in [5, 5.41) is 7.90. The van der Waals surface area contributed by atoms with Crippen LogP contribution in [0.2, 0.25) is 0 Å². The van der Waals surface area contributed by atoms with E-state index < -0.39 is 0 Å². The lowest BCUT2D eigenvalue weighted by atomic mass is 10.2. The van der Waals surface area contributed by atoms with E-state index in [-0.39, 0.29) is 0 Å². The largest absolute Gasteiger partial charge is 0.349 e. The van der Waals surface area contributed by atoms with Crippen molar-refractivity contribution in [3.05, 3.63) is 27.7 Å². The number of hydrogen-bond acceptors (Lipinski definition) is 6. The minimum Gasteiger partial charge on any atom is -0.349 e. The molecule has 2 heterocycles. The van der Waals surface area contributed by atoms with Crippen LogP contribution in [0.1, 0.15) is 43.1 Å². The van der Waals surface area contributed by atoms with Crippen LogP contribution in [0.5, 0.6) is 0 Å². The van der Waals surface area contributed by atoms with Gasteiger partial charge in [0.25, 0.3) is 0 Å². The summed E-state index contributed by atoms with van der Waals surface area (Å²) in [6.45, 7) is 9.39. The van der Waals surface area contributed by atoms with Crippen LogP contribution in [0.4, 0.5) is 5.13 Å². The highest BCUT2D eigenvalue weighted by Gasteiger charge is 2.13. The van der Waals surface area contributed by atoms with Crippen LogP contribution in [-0.4, -0.2) is 23.1 Å². The quantitative estimate of drug-likeness (QED) is 0.807. The van der Waals surface area contributed by atoms with Gasteiger partial charge in [0.2, 0.25) is 0 Å². The van der Waals surface area contributed by atoms with Gasteiger partial charge in [-0.25, -0.2) is 9.97 Å². The number of hydrogen-bond donors (Lipinski definition) is 1. The molecule has 0 aliphatic carbocycles. The van der Waals surface area contributed by atoms with Gasteiger partial charge in [0.15, 0.2) is 5.13 Å². The highest BCUT2D eigenvalue weighted by Crippen LogP contribution is 2.24. The lowest BCUT2D eigenvalue weighted by Gasteiger charge is -2.16. The molecule has 0 saturated heterocycles. The third-order valence-corrected chi connectivity index (χ3v) is 5.20. The number of rotatable bonds is 8. The molecule has 2 aromatic heterocycles. The number of anilines is 1. The molecule has 1 N–H and O–H groups in total. The van der Waals surface area contributed by atoms with Crippen molar-refractivity contribution in [2.45, 2.75) is 39.8 Å².